The van der Waals surface area contributed by atoms with E-state index in [1.54, 1.807) is 0 Å². The average Bonchev–Trinajstić information content (AvgIpc) is 2.73. The van der Waals surface area contributed by atoms with Crippen LogP contribution in [0.3, 0.4) is 0 Å². The summed E-state index contributed by atoms with van der Waals surface area (Å²) in [5, 5.41) is 0. The van der Waals surface area contributed by atoms with Gasteiger partial charge in [-0.2, -0.15) is 0 Å². The zero-order valence-corrected chi connectivity index (χ0v) is 18.8. The summed E-state index contributed by atoms with van der Waals surface area (Å²) < 4.78 is 0. The summed E-state index contributed by atoms with van der Waals surface area (Å²) >= 11 is 0. The highest BCUT2D eigenvalue weighted by molar-refractivity contribution is 6.76. The van der Waals surface area contributed by atoms with Gasteiger partial charge in [-0.1, -0.05) is 50.0 Å². The summed E-state index contributed by atoms with van der Waals surface area (Å²) in [6, 6.07) is 18.0. The highest BCUT2D eigenvalue weighted by atomic mass is 28.3. The first-order valence-corrected chi connectivity index (χ1v) is 14.2. The SMILES string of the molecule is C[Si](C)(C)CN(Cc1ccccc1)C(=O)C1CCN(c2ccc(C=O)cc2)CC1. The first-order valence-electron chi connectivity index (χ1n) is 10.5. The molecule has 5 heteroatoms. The van der Waals surface area contributed by atoms with Gasteiger partial charge in [-0.3, -0.25) is 9.59 Å². The molecule has 1 heterocycles. The average molecular weight is 409 g/mol. The lowest BCUT2D eigenvalue weighted by atomic mass is 9.94. The molecule has 0 radical (unpaired) electrons. The molecule has 1 aliphatic rings. The molecule has 0 atom stereocenters. The predicted octanol–water partition coefficient (Wildman–Crippen LogP) is 4.62. The van der Waals surface area contributed by atoms with Crippen molar-refractivity contribution in [2.24, 2.45) is 5.92 Å². The van der Waals surface area contributed by atoms with E-state index in [0.717, 1.165) is 44.1 Å². The molecule has 0 aromatic heterocycles. The van der Waals surface area contributed by atoms with E-state index in [9.17, 15) is 9.59 Å². The molecule has 4 nitrogen and oxygen atoms in total. The Hall–Kier alpha value is -2.40. The van der Waals surface area contributed by atoms with Crippen LogP contribution in [-0.4, -0.2) is 44.4 Å². The molecular formula is C24H32N2O2Si. The number of benzene rings is 2. The Morgan fingerprint density at radius 2 is 1.66 bits per heavy atom. The summed E-state index contributed by atoms with van der Waals surface area (Å²) in [6.07, 6.45) is 3.53. The van der Waals surface area contributed by atoms with Gasteiger partial charge in [0, 0.05) is 43.0 Å². The molecule has 154 valence electrons. The van der Waals surface area contributed by atoms with Gasteiger partial charge >= 0.3 is 0 Å². The molecule has 0 saturated carbocycles. The van der Waals surface area contributed by atoms with Gasteiger partial charge in [-0.25, -0.2) is 0 Å². The molecule has 0 unspecified atom stereocenters. The van der Waals surface area contributed by atoms with Gasteiger partial charge in [-0.05, 0) is 42.7 Å². The van der Waals surface area contributed by atoms with Crippen LogP contribution < -0.4 is 4.90 Å². The monoisotopic (exact) mass is 408 g/mol. The van der Waals surface area contributed by atoms with Crippen molar-refractivity contribution >= 4 is 26.0 Å². The van der Waals surface area contributed by atoms with E-state index in [1.165, 1.54) is 5.56 Å². The van der Waals surface area contributed by atoms with Crippen molar-refractivity contribution < 1.29 is 9.59 Å². The van der Waals surface area contributed by atoms with E-state index in [2.05, 4.69) is 41.6 Å². The van der Waals surface area contributed by atoms with E-state index in [0.29, 0.717) is 18.0 Å². The summed E-state index contributed by atoms with van der Waals surface area (Å²) in [5.74, 6) is 0.410. The van der Waals surface area contributed by atoms with Crippen molar-refractivity contribution in [1.82, 2.24) is 4.90 Å². The van der Waals surface area contributed by atoms with E-state index in [-0.39, 0.29) is 5.92 Å². The van der Waals surface area contributed by atoms with Crippen LogP contribution in [0.1, 0.15) is 28.8 Å². The lowest BCUT2D eigenvalue weighted by Gasteiger charge is -2.37. The molecule has 0 N–H and O–H groups in total. The van der Waals surface area contributed by atoms with Gasteiger partial charge in [-0.15, -0.1) is 0 Å². The molecule has 3 rings (SSSR count). The highest BCUT2D eigenvalue weighted by Crippen LogP contribution is 2.26. The van der Waals surface area contributed by atoms with Gasteiger partial charge < -0.3 is 9.80 Å². The van der Waals surface area contributed by atoms with Crippen LogP contribution in [0.4, 0.5) is 5.69 Å². The van der Waals surface area contributed by atoms with Crippen molar-refractivity contribution in [2.45, 2.75) is 39.0 Å². The Balaban J connectivity index is 1.64. The van der Waals surface area contributed by atoms with Crippen LogP contribution in [0.25, 0.3) is 0 Å². The predicted molar refractivity (Wildman–Crippen MR) is 122 cm³/mol. The Morgan fingerprint density at radius 3 is 2.21 bits per heavy atom. The molecule has 0 spiro atoms. The van der Waals surface area contributed by atoms with Crippen molar-refractivity contribution in [3.8, 4) is 0 Å². The van der Waals surface area contributed by atoms with Crippen LogP contribution in [-0.2, 0) is 11.3 Å². The minimum absolute atomic E-state index is 0.0977. The number of carbonyl (C=O) groups is 2. The quantitative estimate of drug-likeness (QED) is 0.496. The molecule has 0 aliphatic carbocycles. The maximum Gasteiger partial charge on any atom is 0.225 e. The highest BCUT2D eigenvalue weighted by Gasteiger charge is 2.31. The first-order chi connectivity index (χ1) is 13.9. The third-order valence-electron chi connectivity index (χ3n) is 5.43. The number of hydrogen-bond donors (Lipinski definition) is 0. The minimum Gasteiger partial charge on any atom is -0.371 e. The number of hydrogen-bond acceptors (Lipinski definition) is 3. The lowest BCUT2D eigenvalue weighted by Crippen LogP contribution is -2.47. The van der Waals surface area contributed by atoms with Crippen molar-refractivity contribution in [3.05, 3.63) is 65.7 Å². The van der Waals surface area contributed by atoms with Gasteiger partial charge in [0.2, 0.25) is 5.91 Å². The molecule has 1 amide bonds. The van der Waals surface area contributed by atoms with E-state index in [1.807, 2.05) is 42.5 Å². The molecule has 1 saturated heterocycles. The largest absolute Gasteiger partial charge is 0.371 e. The molecule has 29 heavy (non-hydrogen) atoms. The fourth-order valence-corrected chi connectivity index (χ4v) is 5.41. The Bertz CT molecular complexity index is 807. The smallest absolute Gasteiger partial charge is 0.225 e. The van der Waals surface area contributed by atoms with Crippen LogP contribution in [0.5, 0.6) is 0 Å². The Kier molecular flexibility index (Phi) is 6.90. The lowest BCUT2D eigenvalue weighted by molar-refractivity contribution is -0.136. The van der Waals surface area contributed by atoms with Crippen molar-refractivity contribution in [2.75, 3.05) is 24.2 Å². The number of piperidine rings is 1. The Labute approximate surface area is 175 Å². The minimum atomic E-state index is -1.41. The van der Waals surface area contributed by atoms with Crippen LogP contribution in [0.2, 0.25) is 19.6 Å². The van der Waals surface area contributed by atoms with Crippen molar-refractivity contribution in [1.29, 1.82) is 0 Å². The summed E-state index contributed by atoms with van der Waals surface area (Å²) in [5.41, 5.74) is 3.03. The number of rotatable bonds is 7. The van der Waals surface area contributed by atoms with Crippen molar-refractivity contribution in [3.63, 3.8) is 0 Å². The summed E-state index contributed by atoms with van der Waals surface area (Å²) in [6.45, 7) is 9.43. The van der Waals surface area contributed by atoms with E-state index in [4.69, 9.17) is 0 Å². The Morgan fingerprint density at radius 1 is 1.03 bits per heavy atom. The number of nitrogens with zero attached hydrogens (tertiary/aromatic N) is 2. The third-order valence-corrected chi connectivity index (χ3v) is 6.76. The molecular weight excluding hydrogens is 376 g/mol. The zero-order chi connectivity index (χ0) is 20.9. The third kappa shape index (κ3) is 6.04. The van der Waals surface area contributed by atoms with Crippen LogP contribution in [0, 0.1) is 5.92 Å². The number of amides is 1. The number of carbonyl (C=O) groups excluding carboxylic acids is 2. The molecule has 2 aromatic carbocycles. The maximum atomic E-state index is 13.4. The number of aldehydes is 1. The molecule has 1 aliphatic heterocycles. The van der Waals surface area contributed by atoms with Crippen LogP contribution in [0.15, 0.2) is 54.6 Å². The molecule has 2 aromatic rings. The first kappa shape index (κ1) is 21.3. The van der Waals surface area contributed by atoms with Gasteiger partial charge in [0.15, 0.2) is 0 Å². The summed E-state index contributed by atoms with van der Waals surface area (Å²) in [7, 11) is -1.41. The van der Waals surface area contributed by atoms with Crippen LogP contribution >= 0.6 is 0 Å². The normalized spacial score (nSPS) is 15.2. The van der Waals surface area contributed by atoms with E-state index >= 15 is 0 Å². The molecule has 1 fully saturated rings. The van der Waals surface area contributed by atoms with E-state index < -0.39 is 8.07 Å². The fourth-order valence-electron chi connectivity index (χ4n) is 3.99. The van der Waals surface area contributed by atoms with Gasteiger partial charge in [0.25, 0.3) is 0 Å². The number of anilines is 1. The molecule has 0 bridgehead atoms. The maximum absolute atomic E-state index is 13.4. The van der Waals surface area contributed by atoms with Gasteiger partial charge in [0.1, 0.15) is 6.29 Å². The van der Waals surface area contributed by atoms with Gasteiger partial charge in [0.05, 0.1) is 8.07 Å². The second-order valence-corrected chi connectivity index (χ2v) is 14.6. The topological polar surface area (TPSA) is 40.6 Å². The second kappa shape index (κ2) is 9.40. The second-order valence-electron chi connectivity index (χ2n) is 9.21. The standard InChI is InChI=1S/C24H32N2O2Si/c1-29(2,3)19-26(17-20-7-5-4-6-8-20)24(28)22-13-15-25(16-14-22)23-11-9-21(18-27)10-12-23/h4-12,18,22H,13-17,19H2,1-3H3. The fraction of sp³-hybridized carbons (Fsp3) is 0.417. The summed E-state index contributed by atoms with van der Waals surface area (Å²) in [4.78, 5) is 28.7. The zero-order valence-electron chi connectivity index (χ0n) is 17.8.